The summed E-state index contributed by atoms with van der Waals surface area (Å²) in [5, 5.41) is 7.67. The van der Waals surface area contributed by atoms with E-state index in [0.29, 0.717) is 11.5 Å². The summed E-state index contributed by atoms with van der Waals surface area (Å²) in [6, 6.07) is 8.19. The molecule has 0 aromatic carbocycles. The van der Waals surface area contributed by atoms with Crippen LogP contribution >= 0.6 is 11.3 Å². The molecule has 0 aliphatic carbocycles. The van der Waals surface area contributed by atoms with Crippen LogP contribution in [-0.4, -0.2) is 55.7 Å². The second-order valence-corrected chi connectivity index (χ2v) is 10.3. The van der Waals surface area contributed by atoms with Gasteiger partial charge in [-0.3, -0.25) is 10.1 Å². The van der Waals surface area contributed by atoms with Crippen LogP contribution in [0.5, 0.6) is 0 Å². The molecule has 0 aliphatic heterocycles. The van der Waals surface area contributed by atoms with Gasteiger partial charge in [0.2, 0.25) is 0 Å². The van der Waals surface area contributed by atoms with Gasteiger partial charge in [0.1, 0.15) is 11.0 Å². The van der Waals surface area contributed by atoms with Crippen molar-refractivity contribution in [2.75, 3.05) is 20.6 Å². The van der Waals surface area contributed by atoms with Crippen molar-refractivity contribution in [1.29, 1.82) is 0 Å². The fraction of sp³-hybridized carbons (Fsp3) is 0.172. The predicted octanol–water partition coefficient (Wildman–Crippen LogP) is 6.74. The molecule has 5 aromatic heterocycles. The van der Waals surface area contributed by atoms with Gasteiger partial charge in [0.05, 0.1) is 22.9 Å². The minimum Gasteiger partial charge on any atom is -0.335 e. The second kappa shape index (κ2) is 10.1. The Bertz CT molecular complexity index is 1690. The van der Waals surface area contributed by atoms with E-state index >= 15 is 0 Å². The van der Waals surface area contributed by atoms with Crippen LogP contribution in [0, 0.1) is 0 Å². The number of nitrogens with zero attached hydrogens (tertiary/aromatic N) is 5. The van der Waals surface area contributed by atoms with E-state index in [1.165, 1.54) is 0 Å². The third kappa shape index (κ3) is 4.81. The molecular formula is C29H29N7S. The third-order valence-electron chi connectivity index (χ3n) is 6.03. The average Bonchev–Trinajstić information content (AvgIpc) is 3.63. The Morgan fingerprint density at radius 3 is 2.62 bits per heavy atom. The monoisotopic (exact) mass is 507 g/mol. The summed E-state index contributed by atoms with van der Waals surface area (Å²) in [5.41, 5.74) is 8.99. The molecule has 5 aromatic rings. The zero-order chi connectivity index (χ0) is 26.1. The van der Waals surface area contributed by atoms with Crippen LogP contribution < -0.4 is 0 Å². The number of thiophene rings is 1. The molecule has 0 radical (unpaired) electrons. The van der Waals surface area contributed by atoms with E-state index < -0.39 is 0 Å². The first-order chi connectivity index (χ1) is 17.9. The number of nitrogens with one attached hydrogen (secondary N) is 2. The summed E-state index contributed by atoms with van der Waals surface area (Å²) in [6.07, 6.45) is 9.72. The largest absolute Gasteiger partial charge is 0.335 e. The molecule has 37 heavy (non-hydrogen) atoms. The Balaban J connectivity index is 1.58. The average molecular weight is 508 g/mol. The summed E-state index contributed by atoms with van der Waals surface area (Å²) in [6.45, 7) is 12.9. The fourth-order valence-electron chi connectivity index (χ4n) is 4.20. The molecule has 0 saturated carbocycles. The molecule has 0 spiro atoms. The van der Waals surface area contributed by atoms with Crippen LogP contribution in [0.3, 0.4) is 0 Å². The molecule has 7 nitrogen and oxygen atoms in total. The van der Waals surface area contributed by atoms with Crippen LogP contribution in [-0.2, 0) is 0 Å². The molecule has 0 saturated heterocycles. The highest BCUT2D eigenvalue weighted by molar-refractivity contribution is 7.16. The maximum atomic E-state index is 4.98. The first-order valence-corrected chi connectivity index (χ1v) is 12.8. The van der Waals surface area contributed by atoms with Crippen molar-refractivity contribution in [2.45, 2.75) is 13.8 Å². The van der Waals surface area contributed by atoms with Gasteiger partial charge >= 0.3 is 0 Å². The summed E-state index contributed by atoms with van der Waals surface area (Å²) in [7, 11) is 4.09. The topological polar surface area (TPSA) is 86.4 Å². The fourth-order valence-corrected chi connectivity index (χ4v) is 5.14. The Morgan fingerprint density at radius 1 is 1.08 bits per heavy atom. The van der Waals surface area contributed by atoms with Gasteiger partial charge in [0.25, 0.3) is 0 Å². The van der Waals surface area contributed by atoms with Gasteiger partial charge < -0.3 is 9.88 Å². The minimum absolute atomic E-state index is 0.647. The number of rotatable bonds is 8. The Labute approximate surface area is 220 Å². The second-order valence-electron chi connectivity index (χ2n) is 9.18. The van der Waals surface area contributed by atoms with Crippen LogP contribution in [0.4, 0.5) is 0 Å². The molecule has 0 unspecified atom stereocenters. The number of likely N-dealkylation sites (N-methyl/N-ethyl adjacent to an activating group) is 1. The molecule has 5 rings (SSSR count). The zero-order valence-corrected chi connectivity index (χ0v) is 22.3. The lowest BCUT2D eigenvalue weighted by Gasteiger charge is -2.11. The molecule has 5 heterocycles. The lowest BCUT2D eigenvalue weighted by molar-refractivity contribution is 0.449. The van der Waals surface area contributed by atoms with Crippen LogP contribution in [0.2, 0.25) is 0 Å². The van der Waals surface area contributed by atoms with Crippen molar-refractivity contribution in [2.24, 2.45) is 0 Å². The van der Waals surface area contributed by atoms with Crippen molar-refractivity contribution in [3.63, 3.8) is 0 Å². The highest BCUT2D eigenvalue weighted by Gasteiger charge is 2.18. The predicted molar refractivity (Wildman–Crippen MR) is 155 cm³/mol. The number of aromatic amines is 2. The molecule has 0 amide bonds. The molecule has 0 aliphatic rings. The lowest BCUT2D eigenvalue weighted by Crippen LogP contribution is -2.14. The van der Waals surface area contributed by atoms with E-state index in [2.05, 4.69) is 62.5 Å². The number of hydrogen-bond donors (Lipinski definition) is 2. The van der Waals surface area contributed by atoms with E-state index in [-0.39, 0.29) is 0 Å². The molecule has 2 N–H and O–H groups in total. The van der Waals surface area contributed by atoms with Gasteiger partial charge in [-0.25, -0.2) is 9.97 Å². The molecule has 186 valence electrons. The molecular weight excluding hydrogens is 478 g/mol. The molecule has 0 atom stereocenters. The Kier molecular flexibility index (Phi) is 6.69. The molecule has 0 bridgehead atoms. The maximum Gasteiger partial charge on any atom is 0.161 e. The van der Waals surface area contributed by atoms with E-state index in [4.69, 9.17) is 9.97 Å². The number of H-pyrrole nitrogens is 2. The van der Waals surface area contributed by atoms with E-state index in [1.54, 1.807) is 17.5 Å². The normalized spacial score (nSPS) is 12.7. The first-order valence-electron chi connectivity index (χ1n) is 12.0. The van der Waals surface area contributed by atoms with Gasteiger partial charge in [-0.05, 0) is 75.0 Å². The zero-order valence-electron chi connectivity index (χ0n) is 21.5. The number of pyridine rings is 2. The number of allylic oxidation sites excluding steroid dienone is 4. The van der Waals surface area contributed by atoms with Crippen LogP contribution in [0.25, 0.3) is 55.2 Å². The van der Waals surface area contributed by atoms with Gasteiger partial charge in [-0.1, -0.05) is 25.3 Å². The van der Waals surface area contributed by atoms with E-state index in [1.807, 2.05) is 52.3 Å². The van der Waals surface area contributed by atoms with Crippen molar-refractivity contribution in [3.8, 4) is 22.0 Å². The molecule has 0 fully saturated rings. The number of fused-ring (bicyclic) bond motifs is 2. The van der Waals surface area contributed by atoms with Crippen LogP contribution in [0.1, 0.15) is 24.4 Å². The summed E-state index contributed by atoms with van der Waals surface area (Å²) in [5.74, 6) is 0.647. The number of imidazole rings is 1. The summed E-state index contributed by atoms with van der Waals surface area (Å²) < 4.78 is 0. The smallest absolute Gasteiger partial charge is 0.161 e. The van der Waals surface area contributed by atoms with Gasteiger partial charge in [-0.15, -0.1) is 11.3 Å². The number of aromatic nitrogens is 6. The standard InChI is InChI=1S/C29H29N7S/c1-7-18(16-36(5)6)13-19(8-2)21-9-10-22-27(31-21)28(35-34-22)29-32-23-15-30-14-20(26(23)33-29)25-12-11-24(37-25)17(3)4/h7-15H,1,3,16H2,2,4-6H3,(H,32,33)(H,34,35)/b18-13+,19-8+. The Hall–Kier alpha value is -4.14. The van der Waals surface area contributed by atoms with E-state index in [0.717, 1.165) is 66.3 Å². The van der Waals surface area contributed by atoms with Crippen molar-refractivity contribution in [1.82, 2.24) is 35.0 Å². The highest BCUT2D eigenvalue weighted by atomic mass is 32.1. The molecule has 8 heteroatoms. The lowest BCUT2D eigenvalue weighted by atomic mass is 10.1. The van der Waals surface area contributed by atoms with E-state index in [9.17, 15) is 0 Å². The van der Waals surface area contributed by atoms with Gasteiger partial charge in [0.15, 0.2) is 11.5 Å². The van der Waals surface area contributed by atoms with Crippen molar-refractivity contribution in [3.05, 3.63) is 84.2 Å². The van der Waals surface area contributed by atoms with Crippen molar-refractivity contribution >= 4 is 44.5 Å². The summed E-state index contributed by atoms with van der Waals surface area (Å²) >= 11 is 1.69. The SMILES string of the molecule is C=C/C(=C\C(=C/C)c1ccc2[nH]nc(-c3nc4c(-c5ccc(C(=C)C)s5)cncc4[nH]3)c2n1)CN(C)C. The first kappa shape index (κ1) is 24.5. The number of hydrogen-bond acceptors (Lipinski definition) is 6. The van der Waals surface area contributed by atoms with Crippen LogP contribution in [0.15, 0.2) is 73.6 Å². The summed E-state index contributed by atoms with van der Waals surface area (Å²) in [4.78, 5) is 22.1. The van der Waals surface area contributed by atoms with Gasteiger partial charge in [-0.2, -0.15) is 5.10 Å². The maximum absolute atomic E-state index is 4.98. The van der Waals surface area contributed by atoms with Gasteiger partial charge in [0, 0.05) is 28.1 Å². The third-order valence-corrected chi connectivity index (χ3v) is 7.31. The highest BCUT2D eigenvalue weighted by Crippen LogP contribution is 2.35. The van der Waals surface area contributed by atoms with Crippen molar-refractivity contribution < 1.29 is 0 Å². The Morgan fingerprint density at radius 2 is 1.92 bits per heavy atom. The quantitative estimate of drug-likeness (QED) is 0.227. The minimum atomic E-state index is 0.647.